The van der Waals surface area contributed by atoms with Crippen molar-refractivity contribution in [1.82, 2.24) is 24.4 Å². The number of fused-ring (bicyclic) bond motifs is 1. The number of H-pyrrole nitrogens is 1. The zero-order valence-electron chi connectivity index (χ0n) is 16.3. The average Bonchev–Trinajstić information content (AvgIpc) is 3.31. The van der Waals surface area contributed by atoms with E-state index in [4.69, 9.17) is 0 Å². The van der Waals surface area contributed by atoms with E-state index in [2.05, 4.69) is 15.2 Å². The Labute approximate surface area is 166 Å². The van der Waals surface area contributed by atoms with Gasteiger partial charge in [-0.05, 0) is 30.0 Å². The van der Waals surface area contributed by atoms with Crippen LogP contribution in [0.15, 0.2) is 41.6 Å². The predicted octanol–water partition coefficient (Wildman–Crippen LogP) is 3.38. The van der Waals surface area contributed by atoms with Gasteiger partial charge in [-0.3, -0.25) is 14.6 Å². The minimum absolute atomic E-state index is 0.0705. The van der Waals surface area contributed by atoms with Crippen LogP contribution in [0.5, 0.6) is 0 Å². The largest absolute Gasteiger partial charge is 0.295 e. The molecule has 0 radical (unpaired) electrons. The molecule has 0 saturated carbocycles. The molecule has 0 aliphatic carbocycles. The molecule has 3 aromatic heterocycles. The minimum Gasteiger partial charge on any atom is -0.295 e. The molecule has 4 rings (SSSR count). The van der Waals surface area contributed by atoms with Crippen LogP contribution in [-0.2, 0) is 6.54 Å². The van der Waals surface area contributed by atoms with Gasteiger partial charge in [-0.15, -0.1) is 0 Å². The van der Waals surface area contributed by atoms with Gasteiger partial charge in [-0.25, -0.2) is 13.9 Å². The van der Waals surface area contributed by atoms with Crippen molar-refractivity contribution >= 4 is 5.65 Å². The molecule has 0 amide bonds. The summed E-state index contributed by atoms with van der Waals surface area (Å²) in [5.41, 5.74) is 3.61. The van der Waals surface area contributed by atoms with Gasteiger partial charge < -0.3 is 0 Å². The molecule has 0 saturated heterocycles. The molecule has 0 bridgehead atoms. The molecule has 7 nitrogen and oxygen atoms in total. The quantitative estimate of drug-likeness (QED) is 0.578. The second-order valence-corrected chi connectivity index (χ2v) is 7.30. The van der Waals surface area contributed by atoms with E-state index < -0.39 is 0 Å². The molecule has 1 N–H and O–H groups in total. The molecule has 0 atom stereocenters. The zero-order valence-corrected chi connectivity index (χ0v) is 16.3. The van der Waals surface area contributed by atoms with Gasteiger partial charge in [0, 0.05) is 23.5 Å². The summed E-state index contributed by atoms with van der Waals surface area (Å²) in [7, 11) is 0. The van der Waals surface area contributed by atoms with Crippen molar-refractivity contribution in [2.75, 3.05) is 0 Å². The maximum absolute atomic E-state index is 13.5. The number of hydrogen-bond acceptors (Lipinski definition) is 4. The van der Waals surface area contributed by atoms with E-state index in [1.165, 1.54) is 16.8 Å². The number of aromatic nitrogens is 5. The standard InChI is InChI=1S/C21H19FN6O/c1-12(2)18-19(26-20-15(7-23)8-25-28(20)21(18)29)16-9-24-27(11-16)10-14-4-5-17(22)13(3)6-14/h4-6,8-9,11-12,25H,10H2,1-3H3. The number of aryl methyl sites for hydroxylation is 1. The van der Waals surface area contributed by atoms with Crippen LogP contribution in [0.2, 0.25) is 0 Å². The number of hydrogen-bond donors (Lipinski definition) is 1. The van der Waals surface area contributed by atoms with Crippen molar-refractivity contribution in [2.45, 2.75) is 33.2 Å². The molecule has 0 aliphatic rings. The summed E-state index contributed by atoms with van der Waals surface area (Å²) in [6.45, 7) is 6.04. The van der Waals surface area contributed by atoms with E-state index >= 15 is 0 Å². The summed E-state index contributed by atoms with van der Waals surface area (Å²) < 4.78 is 16.5. The number of nitrogens with zero attached hydrogens (tertiary/aromatic N) is 5. The van der Waals surface area contributed by atoms with Crippen LogP contribution in [0, 0.1) is 24.1 Å². The van der Waals surface area contributed by atoms with E-state index in [-0.39, 0.29) is 17.3 Å². The van der Waals surface area contributed by atoms with Gasteiger partial charge in [0.2, 0.25) is 0 Å². The van der Waals surface area contributed by atoms with E-state index in [1.54, 1.807) is 29.9 Å². The first-order valence-corrected chi connectivity index (χ1v) is 9.21. The number of nitriles is 1. The Morgan fingerprint density at radius 1 is 1.34 bits per heavy atom. The van der Waals surface area contributed by atoms with E-state index in [9.17, 15) is 14.4 Å². The first-order chi connectivity index (χ1) is 13.9. The van der Waals surface area contributed by atoms with E-state index in [0.717, 1.165) is 5.56 Å². The third-order valence-corrected chi connectivity index (χ3v) is 4.87. The topological polar surface area (TPSA) is 91.8 Å². The number of halogens is 1. The number of benzene rings is 1. The summed E-state index contributed by atoms with van der Waals surface area (Å²) in [6.07, 6.45) is 4.93. The van der Waals surface area contributed by atoms with Crippen molar-refractivity contribution in [1.29, 1.82) is 5.26 Å². The zero-order chi connectivity index (χ0) is 20.7. The molecule has 4 aromatic rings. The third kappa shape index (κ3) is 3.21. The minimum atomic E-state index is -0.241. The maximum Gasteiger partial charge on any atom is 0.276 e. The smallest absolute Gasteiger partial charge is 0.276 e. The van der Waals surface area contributed by atoms with Crippen LogP contribution in [0.4, 0.5) is 4.39 Å². The highest BCUT2D eigenvalue weighted by Gasteiger charge is 2.20. The van der Waals surface area contributed by atoms with Crippen LogP contribution in [0.25, 0.3) is 16.9 Å². The highest BCUT2D eigenvalue weighted by molar-refractivity contribution is 5.67. The van der Waals surface area contributed by atoms with Crippen LogP contribution in [0.3, 0.4) is 0 Å². The third-order valence-electron chi connectivity index (χ3n) is 4.87. The Bertz CT molecular complexity index is 1320. The molecule has 29 heavy (non-hydrogen) atoms. The highest BCUT2D eigenvalue weighted by atomic mass is 19.1. The molecular weight excluding hydrogens is 371 g/mol. The van der Waals surface area contributed by atoms with Crippen LogP contribution in [0.1, 0.15) is 42.0 Å². The van der Waals surface area contributed by atoms with Gasteiger partial charge in [-0.1, -0.05) is 26.0 Å². The first kappa shape index (κ1) is 18.6. The second kappa shape index (κ2) is 7.02. The number of nitrogens with one attached hydrogen (secondary N) is 1. The van der Waals surface area contributed by atoms with Crippen LogP contribution < -0.4 is 5.56 Å². The molecular formula is C21H19FN6O. The normalized spacial score (nSPS) is 11.3. The molecule has 0 fully saturated rings. The Hall–Kier alpha value is -3.73. The number of aromatic amines is 1. The average molecular weight is 390 g/mol. The Morgan fingerprint density at radius 2 is 2.14 bits per heavy atom. The summed E-state index contributed by atoms with van der Waals surface area (Å²) in [6, 6.07) is 6.99. The lowest BCUT2D eigenvalue weighted by molar-refractivity contribution is 0.615. The summed E-state index contributed by atoms with van der Waals surface area (Å²) in [5.74, 6) is -0.312. The lowest BCUT2D eigenvalue weighted by Crippen LogP contribution is -2.22. The molecule has 0 spiro atoms. The Balaban J connectivity index is 1.80. The van der Waals surface area contributed by atoms with Gasteiger partial charge in [0.15, 0.2) is 5.65 Å². The molecule has 1 aromatic carbocycles. The van der Waals surface area contributed by atoms with Crippen molar-refractivity contribution < 1.29 is 4.39 Å². The lowest BCUT2D eigenvalue weighted by atomic mass is 10.00. The lowest BCUT2D eigenvalue weighted by Gasteiger charge is -2.10. The van der Waals surface area contributed by atoms with Gasteiger partial charge in [0.1, 0.15) is 17.4 Å². The Morgan fingerprint density at radius 3 is 2.83 bits per heavy atom. The monoisotopic (exact) mass is 390 g/mol. The molecule has 3 heterocycles. The van der Waals surface area contributed by atoms with Gasteiger partial charge in [0.05, 0.1) is 18.4 Å². The fraction of sp³-hybridized carbons (Fsp3) is 0.238. The first-order valence-electron chi connectivity index (χ1n) is 9.21. The Kier molecular flexibility index (Phi) is 4.51. The molecule has 0 aliphatic heterocycles. The van der Waals surface area contributed by atoms with E-state index in [1.807, 2.05) is 26.1 Å². The van der Waals surface area contributed by atoms with Crippen LogP contribution >= 0.6 is 0 Å². The summed E-state index contributed by atoms with van der Waals surface area (Å²) in [4.78, 5) is 17.6. The summed E-state index contributed by atoms with van der Waals surface area (Å²) in [5, 5.41) is 16.5. The van der Waals surface area contributed by atoms with Gasteiger partial charge in [0.25, 0.3) is 5.56 Å². The molecule has 146 valence electrons. The van der Waals surface area contributed by atoms with Gasteiger partial charge in [-0.2, -0.15) is 10.4 Å². The van der Waals surface area contributed by atoms with Crippen molar-refractivity contribution in [2.24, 2.45) is 0 Å². The molecule has 8 heteroatoms. The summed E-state index contributed by atoms with van der Waals surface area (Å²) >= 11 is 0. The highest BCUT2D eigenvalue weighted by Crippen LogP contribution is 2.26. The van der Waals surface area contributed by atoms with Gasteiger partial charge >= 0.3 is 0 Å². The van der Waals surface area contributed by atoms with Crippen LogP contribution in [-0.4, -0.2) is 24.4 Å². The second-order valence-electron chi connectivity index (χ2n) is 7.30. The molecule has 0 unspecified atom stereocenters. The number of rotatable bonds is 4. The van der Waals surface area contributed by atoms with Crippen molar-refractivity contribution in [3.05, 3.63) is 75.2 Å². The van der Waals surface area contributed by atoms with Crippen molar-refractivity contribution in [3.8, 4) is 17.3 Å². The maximum atomic E-state index is 13.5. The van der Waals surface area contributed by atoms with E-state index in [0.29, 0.717) is 40.1 Å². The fourth-order valence-electron chi connectivity index (χ4n) is 3.42. The predicted molar refractivity (Wildman–Crippen MR) is 106 cm³/mol. The SMILES string of the molecule is Cc1cc(Cn2cc(-c3nc4c(C#N)c[nH]n4c(=O)c3C(C)C)cn2)ccc1F. The van der Waals surface area contributed by atoms with Crippen molar-refractivity contribution in [3.63, 3.8) is 0 Å². The fourth-order valence-corrected chi connectivity index (χ4v) is 3.42.